The molecule has 0 amide bonds. The van der Waals surface area contributed by atoms with Gasteiger partial charge in [0.1, 0.15) is 17.5 Å². The standard InChI is InChI=1S/C12H8F3NO3S/c13-12(14,15)7-1-4-10(16-5-7)20-6-8-2-3-9(19-8)11(17)18/h1-5H,6H2,(H,17,18)/p-1. The van der Waals surface area contributed by atoms with Crippen molar-refractivity contribution in [3.05, 3.63) is 47.5 Å². The fraction of sp³-hybridized carbons (Fsp3) is 0.167. The van der Waals surface area contributed by atoms with Gasteiger partial charge in [-0.15, -0.1) is 0 Å². The Labute approximate surface area is 115 Å². The zero-order chi connectivity index (χ0) is 14.8. The van der Waals surface area contributed by atoms with Gasteiger partial charge in [0.05, 0.1) is 16.3 Å². The molecule has 8 heteroatoms. The number of carbonyl (C=O) groups excluding carboxylic acids is 1. The minimum absolute atomic E-state index is 0.256. The summed E-state index contributed by atoms with van der Waals surface area (Å²) in [6, 6.07) is 4.90. The first-order valence-electron chi connectivity index (χ1n) is 5.32. The van der Waals surface area contributed by atoms with Crippen LogP contribution < -0.4 is 5.11 Å². The van der Waals surface area contributed by atoms with Crippen LogP contribution in [0.5, 0.6) is 0 Å². The molecule has 0 N–H and O–H groups in total. The van der Waals surface area contributed by atoms with Crippen LogP contribution in [0.2, 0.25) is 0 Å². The molecule has 0 atom stereocenters. The van der Waals surface area contributed by atoms with Gasteiger partial charge in [-0.25, -0.2) is 4.98 Å². The second-order valence-electron chi connectivity index (χ2n) is 3.72. The summed E-state index contributed by atoms with van der Waals surface area (Å²) < 4.78 is 41.9. The van der Waals surface area contributed by atoms with E-state index in [2.05, 4.69) is 4.98 Å². The lowest BCUT2D eigenvalue weighted by molar-refractivity contribution is -0.257. The summed E-state index contributed by atoms with van der Waals surface area (Å²) >= 11 is 1.13. The molecule has 0 bridgehead atoms. The van der Waals surface area contributed by atoms with E-state index in [9.17, 15) is 23.1 Å². The monoisotopic (exact) mass is 302 g/mol. The molecule has 0 unspecified atom stereocenters. The Morgan fingerprint density at radius 1 is 1.30 bits per heavy atom. The summed E-state index contributed by atoms with van der Waals surface area (Å²) in [5, 5.41) is 10.9. The van der Waals surface area contributed by atoms with E-state index in [1.165, 1.54) is 18.2 Å². The highest BCUT2D eigenvalue weighted by molar-refractivity contribution is 7.98. The second kappa shape index (κ2) is 5.58. The summed E-state index contributed by atoms with van der Waals surface area (Å²) in [4.78, 5) is 14.2. The molecule has 0 saturated carbocycles. The van der Waals surface area contributed by atoms with Gasteiger partial charge in [0, 0.05) is 6.20 Å². The molecule has 20 heavy (non-hydrogen) atoms. The van der Waals surface area contributed by atoms with Gasteiger partial charge >= 0.3 is 6.18 Å². The number of carbonyl (C=O) groups is 1. The van der Waals surface area contributed by atoms with Crippen molar-refractivity contribution in [2.45, 2.75) is 17.0 Å². The number of thioether (sulfide) groups is 1. The predicted octanol–water partition coefficient (Wildman–Crippen LogP) is 2.35. The summed E-state index contributed by atoms with van der Waals surface area (Å²) in [6.45, 7) is 0. The quantitative estimate of drug-likeness (QED) is 0.811. The van der Waals surface area contributed by atoms with Crippen LogP contribution in [0, 0.1) is 0 Å². The van der Waals surface area contributed by atoms with Crippen molar-refractivity contribution in [2.24, 2.45) is 0 Å². The highest BCUT2D eigenvalue weighted by Crippen LogP contribution is 2.30. The maximum absolute atomic E-state index is 12.3. The first kappa shape index (κ1) is 14.4. The Hall–Kier alpha value is -1.96. The molecule has 0 aliphatic heterocycles. The maximum Gasteiger partial charge on any atom is 0.417 e. The maximum atomic E-state index is 12.3. The van der Waals surface area contributed by atoms with Crippen LogP contribution in [-0.2, 0) is 11.9 Å². The van der Waals surface area contributed by atoms with E-state index in [-0.39, 0.29) is 11.5 Å². The van der Waals surface area contributed by atoms with Gasteiger partial charge < -0.3 is 14.3 Å². The first-order chi connectivity index (χ1) is 9.36. The lowest BCUT2D eigenvalue weighted by Gasteiger charge is -2.06. The highest BCUT2D eigenvalue weighted by atomic mass is 32.2. The summed E-state index contributed by atoms with van der Waals surface area (Å²) in [6.07, 6.45) is -3.67. The number of carboxylic acids is 1. The van der Waals surface area contributed by atoms with Crippen molar-refractivity contribution < 1.29 is 27.5 Å². The smallest absolute Gasteiger partial charge is 0.417 e. The number of pyridine rings is 1. The molecule has 0 aliphatic rings. The van der Waals surface area contributed by atoms with Crippen molar-refractivity contribution >= 4 is 17.7 Å². The minimum atomic E-state index is -4.42. The van der Waals surface area contributed by atoms with Crippen molar-refractivity contribution in [1.82, 2.24) is 4.98 Å². The number of carboxylic acid groups (broad SMARTS) is 1. The Kier molecular flexibility index (Phi) is 4.03. The second-order valence-corrected chi connectivity index (χ2v) is 4.72. The van der Waals surface area contributed by atoms with Gasteiger partial charge in [-0.1, -0.05) is 11.8 Å². The summed E-state index contributed by atoms with van der Waals surface area (Å²) in [7, 11) is 0. The lowest BCUT2D eigenvalue weighted by atomic mass is 10.3. The molecular weight excluding hydrogens is 295 g/mol. The van der Waals surface area contributed by atoms with E-state index in [0.717, 1.165) is 24.0 Å². The third kappa shape index (κ3) is 3.53. The third-order valence-corrected chi connectivity index (χ3v) is 3.25. The molecular formula is C12H7F3NO3S-. The average Bonchev–Trinajstić information content (AvgIpc) is 2.85. The number of hydrogen-bond donors (Lipinski definition) is 0. The SMILES string of the molecule is O=C([O-])c1ccc(CSc2ccc(C(F)(F)F)cn2)o1. The fourth-order valence-corrected chi connectivity index (χ4v) is 2.08. The Bertz CT molecular complexity index is 607. The number of alkyl halides is 3. The number of aromatic nitrogens is 1. The molecule has 4 nitrogen and oxygen atoms in total. The Morgan fingerprint density at radius 3 is 2.55 bits per heavy atom. The number of halogens is 3. The number of rotatable bonds is 4. The summed E-state index contributed by atoms with van der Waals surface area (Å²) in [5.41, 5.74) is -0.820. The molecule has 2 aromatic heterocycles. The minimum Gasteiger partial charge on any atom is -0.542 e. The fourth-order valence-electron chi connectivity index (χ4n) is 1.34. The van der Waals surface area contributed by atoms with Gasteiger partial charge in [-0.2, -0.15) is 13.2 Å². The topological polar surface area (TPSA) is 66.2 Å². The molecule has 2 aromatic rings. The molecule has 0 radical (unpaired) electrons. The number of hydrogen-bond acceptors (Lipinski definition) is 5. The molecule has 0 fully saturated rings. The average molecular weight is 302 g/mol. The molecule has 2 rings (SSSR count). The zero-order valence-electron chi connectivity index (χ0n) is 9.81. The van der Waals surface area contributed by atoms with Crippen LogP contribution in [-0.4, -0.2) is 11.0 Å². The van der Waals surface area contributed by atoms with E-state index in [1.54, 1.807) is 0 Å². The number of aromatic carboxylic acids is 1. The van der Waals surface area contributed by atoms with E-state index in [4.69, 9.17) is 4.42 Å². The van der Waals surface area contributed by atoms with Crippen LogP contribution in [0.1, 0.15) is 21.9 Å². The van der Waals surface area contributed by atoms with Gasteiger partial charge in [-0.05, 0) is 24.3 Å². The Balaban J connectivity index is 1.98. The summed E-state index contributed by atoms with van der Waals surface area (Å²) in [5.74, 6) is -1.09. The first-order valence-corrected chi connectivity index (χ1v) is 6.31. The van der Waals surface area contributed by atoms with Gasteiger partial charge in [0.2, 0.25) is 0 Å². The predicted molar refractivity (Wildman–Crippen MR) is 61.8 cm³/mol. The Morgan fingerprint density at radius 2 is 2.05 bits per heavy atom. The highest BCUT2D eigenvalue weighted by Gasteiger charge is 2.30. The van der Waals surface area contributed by atoms with Crippen LogP contribution >= 0.6 is 11.8 Å². The zero-order valence-corrected chi connectivity index (χ0v) is 10.6. The molecule has 0 spiro atoms. The van der Waals surface area contributed by atoms with Crippen LogP contribution in [0.25, 0.3) is 0 Å². The lowest BCUT2D eigenvalue weighted by Crippen LogP contribution is -2.21. The largest absolute Gasteiger partial charge is 0.542 e. The van der Waals surface area contributed by atoms with Gasteiger partial charge in [-0.3, -0.25) is 0 Å². The van der Waals surface area contributed by atoms with E-state index in [0.29, 0.717) is 10.8 Å². The van der Waals surface area contributed by atoms with Crippen molar-refractivity contribution in [1.29, 1.82) is 0 Å². The molecule has 0 saturated heterocycles. The third-order valence-electron chi connectivity index (χ3n) is 2.29. The normalized spacial score (nSPS) is 11.6. The van der Waals surface area contributed by atoms with E-state index >= 15 is 0 Å². The molecule has 0 aliphatic carbocycles. The van der Waals surface area contributed by atoms with Gasteiger partial charge in [0.15, 0.2) is 0 Å². The number of nitrogens with zero attached hydrogens (tertiary/aromatic N) is 1. The molecule has 2 heterocycles. The van der Waals surface area contributed by atoms with Crippen molar-refractivity contribution in [3.63, 3.8) is 0 Å². The number of furan rings is 1. The van der Waals surface area contributed by atoms with Crippen LogP contribution in [0.4, 0.5) is 13.2 Å². The van der Waals surface area contributed by atoms with Gasteiger partial charge in [0.25, 0.3) is 0 Å². The molecule has 106 valence electrons. The molecule has 0 aromatic carbocycles. The van der Waals surface area contributed by atoms with Crippen molar-refractivity contribution in [3.8, 4) is 0 Å². The van der Waals surface area contributed by atoms with Crippen LogP contribution in [0.3, 0.4) is 0 Å². The van der Waals surface area contributed by atoms with E-state index in [1.807, 2.05) is 0 Å². The van der Waals surface area contributed by atoms with E-state index < -0.39 is 17.7 Å². The van der Waals surface area contributed by atoms with Crippen LogP contribution in [0.15, 0.2) is 39.9 Å². The van der Waals surface area contributed by atoms with Crippen molar-refractivity contribution in [2.75, 3.05) is 0 Å².